The van der Waals surface area contributed by atoms with E-state index in [0.29, 0.717) is 12.6 Å². The third-order valence-electron chi connectivity index (χ3n) is 4.28. The number of hydrogen-bond acceptors (Lipinski definition) is 4. The zero-order valence-corrected chi connectivity index (χ0v) is 13.4. The van der Waals surface area contributed by atoms with E-state index >= 15 is 0 Å². The molecule has 2 aromatic rings. The number of ether oxygens (including phenoxy) is 1. The Morgan fingerprint density at radius 2 is 2.18 bits per heavy atom. The average Bonchev–Trinajstić information content (AvgIpc) is 3.18. The summed E-state index contributed by atoms with van der Waals surface area (Å²) < 4.78 is 11.3. The molecule has 22 heavy (non-hydrogen) atoms. The van der Waals surface area contributed by atoms with Gasteiger partial charge in [-0.2, -0.15) is 0 Å². The molecule has 1 aliphatic rings. The summed E-state index contributed by atoms with van der Waals surface area (Å²) in [5, 5.41) is 4.14. The van der Waals surface area contributed by atoms with Crippen molar-refractivity contribution in [1.82, 2.24) is 10.1 Å². The minimum absolute atomic E-state index is 0.336. The van der Waals surface area contributed by atoms with Crippen molar-refractivity contribution in [2.75, 3.05) is 13.2 Å². The predicted molar refractivity (Wildman–Crippen MR) is 85.9 cm³/mol. The average molecular weight is 300 g/mol. The number of aromatic nitrogens is 1. The van der Waals surface area contributed by atoms with Gasteiger partial charge < -0.3 is 9.26 Å². The molecular weight excluding hydrogens is 276 g/mol. The first-order chi connectivity index (χ1) is 10.8. The fourth-order valence-corrected chi connectivity index (χ4v) is 3.14. The molecule has 1 atom stereocenters. The molecule has 0 amide bonds. The van der Waals surface area contributed by atoms with Crippen LogP contribution >= 0.6 is 0 Å². The van der Waals surface area contributed by atoms with Crippen LogP contribution in [0, 0.1) is 0 Å². The third kappa shape index (κ3) is 3.17. The maximum Gasteiger partial charge on any atom is 0.154 e. The van der Waals surface area contributed by atoms with E-state index in [4.69, 9.17) is 9.26 Å². The van der Waals surface area contributed by atoms with E-state index in [9.17, 15) is 0 Å². The smallest absolute Gasteiger partial charge is 0.154 e. The normalized spacial score (nSPS) is 18.7. The molecule has 3 rings (SSSR count). The molecule has 0 saturated carbocycles. The highest BCUT2D eigenvalue weighted by Gasteiger charge is 2.29. The van der Waals surface area contributed by atoms with Gasteiger partial charge >= 0.3 is 0 Å². The molecule has 1 aromatic carbocycles. The van der Waals surface area contributed by atoms with Crippen molar-refractivity contribution in [1.29, 1.82) is 0 Å². The summed E-state index contributed by atoms with van der Waals surface area (Å²) in [6.45, 7) is 6.81. The predicted octanol–water partition coefficient (Wildman–Crippen LogP) is 3.97. The number of benzene rings is 1. The molecule has 1 saturated heterocycles. The number of para-hydroxylation sites is 1. The van der Waals surface area contributed by atoms with Crippen molar-refractivity contribution in [3.05, 3.63) is 47.3 Å². The monoisotopic (exact) mass is 300 g/mol. The van der Waals surface area contributed by atoms with Gasteiger partial charge in [-0.05, 0) is 38.8 Å². The fraction of sp³-hybridized carbons (Fsp3) is 0.500. The van der Waals surface area contributed by atoms with E-state index in [0.717, 1.165) is 43.1 Å². The summed E-state index contributed by atoms with van der Waals surface area (Å²) in [7, 11) is 0. The molecule has 0 unspecified atom stereocenters. The maximum absolute atomic E-state index is 5.75. The first kappa shape index (κ1) is 15.1. The molecule has 0 spiro atoms. The summed E-state index contributed by atoms with van der Waals surface area (Å²) in [6, 6.07) is 10.7. The van der Waals surface area contributed by atoms with Crippen LogP contribution in [0.2, 0.25) is 0 Å². The summed E-state index contributed by atoms with van der Waals surface area (Å²) in [4.78, 5) is 2.47. The molecule has 4 nitrogen and oxygen atoms in total. The third-order valence-corrected chi connectivity index (χ3v) is 4.28. The van der Waals surface area contributed by atoms with Gasteiger partial charge in [-0.3, -0.25) is 4.90 Å². The highest BCUT2D eigenvalue weighted by molar-refractivity contribution is 5.33. The first-order valence-electron chi connectivity index (χ1n) is 8.22. The van der Waals surface area contributed by atoms with Crippen LogP contribution in [0.5, 0.6) is 5.75 Å². The molecular formula is C18H24N2O2. The number of hydrogen-bond donors (Lipinski definition) is 0. The van der Waals surface area contributed by atoms with Crippen LogP contribution in [-0.2, 0) is 13.0 Å². The fourth-order valence-electron chi connectivity index (χ4n) is 3.14. The SMILES string of the molecule is CCOc1ccccc1CN1CCC[C@H]1c1cc(CC)no1. The molecule has 2 heterocycles. The maximum atomic E-state index is 5.75. The Morgan fingerprint density at radius 3 is 2.95 bits per heavy atom. The van der Waals surface area contributed by atoms with Crippen molar-refractivity contribution in [3.8, 4) is 5.75 Å². The van der Waals surface area contributed by atoms with Crippen LogP contribution in [0.3, 0.4) is 0 Å². The Labute approximate surface area is 132 Å². The van der Waals surface area contributed by atoms with Crippen LogP contribution in [0.15, 0.2) is 34.9 Å². The highest BCUT2D eigenvalue weighted by Crippen LogP contribution is 2.34. The number of nitrogens with zero attached hydrogens (tertiary/aromatic N) is 2. The van der Waals surface area contributed by atoms with Gasteiger partial charge in [0.05, 0.1) is 18.3 Å². The van der Waals surface area contributed by atoms with E-state index in [1.54, 1.807) is 0 Å². The minimum Gasteiger partial charge on any atom is -0.494 e. The van der Waals surface area contributed by atoms with E-state index < -0.39 is 0 Å². The first-order valence-corrected chi connectivity index (χ1v) is 8.22. The van der Waals surface area contributed by atoms with Crippen molar-refractivity contribution < 1.29 is 9.26 Å². The summed E-state index contributed by atoms with van der Waals surface area (Å²) in [5.74, 6) is 1.99. The molecule has 0 N–H and O–H groups in total. The lowest BCUT2D eigenvalue weighted by Crippen LogP contribution is -2.22. The molecule has 4 heteroatoms. The Hall–Kier alpha value is -1.81. The van der Waals surface area contributed by atoms with Gasteiger partial charge in [0.25, 0.3) is 0 Å². The van der Waals surface area contributed by atoms with Gasteiger partial charge in [0, 0.05) is 18.2 Å². The standard InChI is InChI=1S/C18H24N2O2/c1-3-15-12-18(22-19-15)16-9-7-11-20(16)13-14-8-5-6-10-17(14)21-4-2/h5-6,8,10,12,16H,3-4,7,9,11,13H2,1-2H3/t16-/m0/s1. The van der Waals surface area contributed by atoms with Crippen LogP contribution in [0.25, 0.3) is 0 Å². The van der Waals surface area contributed by atoms with Gasteiger partial charge in [0.15, 0.2) is 5.76 Å². The second-order valence-corrected chi connectivity index (χ2v) is 5.74. The molecule has 1 aromatic heterocycles. The summed E-state index contributed by atoms with van der Waals surface area (Å²) in [5.41, 5.74) is 2.28. The van der Waals surface area contributed by atoms with Gasteiger partial charge in [0.1, 0.15) is 5.75 Å². The Morgan fingerprint density at radius 1 is 1.32 bits per heavy atom. The molecule has 118 valence electrons. The van der Waals surface area contributed by atoms with E-state index in [-0.39, 0.29) is 0 Å². The van der Waals surface area contributed by atoms with Crippen LogP contribution in [-0.4, -0.2) is 23.2 Å². The quantitative estimate of drug-likeness (QED) is 0.809. The summed E-state index contributed by atoms with van der Waals surface area (Å²) in [6.07, 6.45) is 3.25. The van der Waals surface area contributed by atoms with Gasteiger partial charge in [-0.25, -0.2) is 0 Å². The second kappa shape index (κ2) is 6.97. The number of aryl methyl sites for hydroxylation is 1. The van der Waals surface area contributed by atoms with Crippen molar-refractivity contribution in [3.63, 3.8) is 0 Å². The molecule has 1 aliphatic heterocycles. The van der Waals surface area contributed by atoms with E-state index in [2.05, 4.69) is 35.2 Å². The van der Waals surface area contributed by atoms with E-state index in [1.807, 2.05) is 19.1 Å². The zero-order chi connectivity index (χ0) is 15.4. The lowest BCUT2D eigenvalue weighted by molar-refractivity contribution is 0.203. The van der Waals surface area contributed by atoms with Crippen molar-refractivity contribution in [2.24, 2.45) is 0 Å². The van der Waals surface area contributed by atoms with E-state index in [1.165, 1.54) is 12.0 Å². The lowest BCUT2D eigenvalue weighted by Gasteiger charge is -2.23. The molecule has 0 radical (unpaired) electrons. The highest BCUT2D eigenvalue weighted by atomic mass is 16.5. The van der Waals surface area contributed by atoms with Crippen LogP contribution in [0.1, 0.15) is 49.7 Å². The molecule has 0 aliphatic carbocycles. The Bertz CT molecular complexity index is 609. The number of likely N-dealkylation sites (tertiary alicyclic amines) is 1. The Balaban J connectivity index is 1.76. The lowest BCUT2D eigenvalue weighted by atomic mass is 10.1. The number of rotatable bonds is 6. The van der Waals surface area contributed by atoms with Crippen molar-refractivity contribution in [2.45, 2.75) is 45.7 Å². The second-order valence-electron chi connectivity index (χ2n) is 5.74. The van der Waals surface area contributed by atoms with Gasteiger partial charge in [0.2, 0.25) is 0 Å². The molecule has 0 bridgehead atoms. The van der Waals surface area contributed by atoms with Gasteiger partial charge in [-0.1, -0.05) is 30.3 Å². The molecule has 1 fully saturated rings. The zero-order valence-electron chi connectivity index (χ0n) is 13.4. The topological polar surface area (TPSA) is 38.5 Å². The van der Waals surface area contributed by atoms with Crippen LogP contribution < -0.4 is 4.74 Å². The van der Waals surface area contributed by atoms with Gasteiger partial charge in [-0.15, -0.1) is 0 Å². The van der Waals surface area contributed by atoms with Crippen molar-refractivity contribution >= 4 is 0 Å². The summed E-state index contributed by atoms with van der Waals surface area (Å²) >= 11 is 0. The van der Waals surface area contributed by atoms with Crippen LogP contribution in [0.4, 0.5) is 0 Å². The minimum atomic E-state index is 0.336. The largest absolute Gasteiger partial charge is 0.494 e. The Kier molecular flexibility index (Phi) is 4.78.